The minimum atomic E-state index is 0.375. The Kier molecular flexibility index (Phi) is 5.45. The Bertz CT molecular complexity index is 374. The predicted octanol–water partition coefficient (Wildman–Crippen LogP) is 2.42. The summed E-state index contributed by atoms with van der Waals surface area (Å²) in [4.78, 5) is 0. The largest absolute Gasteiger partial charge is 0.492 e. The van der Waals surface area contributed by atoms with Gasteiger partial charge in [0.1, 0.15) is 5.75 Å². The third kappa shape index (κ3) is 4.37. The van der Waals surface area contributed by atoms with Crippen molar-refractivity contribution in [2.75, 3.05) is 13.2 Å². The van der Waals surface area contributed by atoms with Crippen molar-refractivity contribution in [2.24, 2.45) is 11.7 Å². The normalized spacial score (nSPS) is 9.75. The minimum absolute atomic E-state index is 0.375. The Morgan fingerprint density at radius 1 is 1.31 bits per heavy atom. The lowest BCUT2D eigenvalue weighted by Gasteiger charge is -2.09. The zero-order chi connectivity index (χ0) is 11.8. The zero-order valence-electron chi connectivity index (χ0n) is 9.99. The van der Waals surface area contributed by atoms with Gasteiger partial charge in [0.2, 0.25) is 0 Å². The van der Waals surface area contributed by atoms with Gasteiger partial charge < -0.3 is 10.5 Å². The van der Waals surface area contributed by atoms with Gasteiger partial charge >= 0.3 is 0 Å². The fourth-order valence-electron chi connectivity index (χ4n) is 1.25. The second kappa shape index (κ2) is 6.92. The van der Waals surface area contributed by atoms with Crippen molar-refractivity contribution in [2.45, 2.75) is 20.3 Å². The van der Waals surface area contributed by atoms with E-state index in [1.807, 2.05) is 24.3 Å². The molecule has 2 N–H and O–H groups in total. The van der Waals surface area contributed by atoms with Crippen molar-refractivity contribution in [3.63, 3.8) is 0 Å². The van der Waals surface area contributed by atoms with Crippen LogP contribution in [0, 0.1) is 17.8 Å². The Balaban J connectivity index is 2.64. The summed E-state index contributed by atoms with van der Waals surface area (Å²) < 4.78 is 5.70. The Morgan fingerprint density at radius 3 is 2.75 bits per heavy atom. The van der Waals surface area contributed by atoms with E-state index in [2.05, 4.69) is 25.7 Å². The fourth-order valence-corrected chi connectivity index (χ4v) is 1.25. The van der Waals surface area contributed by atoms with Gasteiger partial charge in [-0.25, -0.2) is 0 Å². The SMILES string of the molecule is CC(C)CCOc1ccccc1C#CCN. The molecule has 0 aliphatic rings. The number of nitrogens with two attached hydrogens (primary N) is 1. The summed E-state index contributed by atoms with van der Waals surface area (Å²) in [7, 11) is 0. The molecule has 0 aromatic heterocycles. The second-order valence-electron chi connectivity index (χ2n) is 4.03. The molecule has 0 bridgehead atoms. The molecule has 1 aromatic rings. The van der Waals surface area contributed by atoms with Crippen LogP contribution in [0.2, 0.25) is 0 Å². The summed E-state index contributed by atoms with van der Waals surface area (Å²) in [5.41, 5.74) is 6.27. The molecule has 0 amide bonds. The first-order valence-electron chi connectivity index (χ1n) is 5.64. The summed E-state index contributed by atoms with van der Waals surface area (Å²) in [5.74, 6) is 7.36. The monoisotopic (exact) mass is 217 g/mol. The molecule has 0 unspecified atom stereocenters. The Morgan fingerprint density at radius 2 is 2.06 bits per heavy atom. The molecule has 0 heterocycles. The molecule has 0 aliphatic carbocycles. The van der Waals surface area contributed by atoms with Crippen LogP contribution in [0.5, 0.6) is 5.75 Å². The van der Waals surface area contributed by atoms with Gasteiger partial charge in [-0.1, -0.05) is 37.8 Å². The van der Waals surface area contributed by atoms with Gasteiger partial charge in [-0.15, -0.1) is 0 Å². The van der Waals surface area contributed by atoms with E-state index in [0.29, 0.717) is 12.5 Å². The highest BCUT2D eigenvalue weighted by molar-refractivity contribution is 5.45. The summed E-state index contributed by atoms with van der Waals surface area (Å²) in [6.45, 7) is 5.48. The highest BCUT2D eigenvalue weighted by atomic mass is 16.5. The quantitative estimate of drug-likeness (QED) is 0.786. The Labute approximate surface area is 97.8 Å². The molecule has 0 spiro atoms. The summed E-state index contributed by atoms with van der Waals surface area (Å²) in [5, 5.41) is 0. The van der Waals surface area contributed by atoms with Crippen LogP contribution in [0.4, 0.5) is 0 Å². The number of para-hydroxylation sites is 1. The third-order valence-electron chi connectivity index (χ3n) is 2.16. The molecule has 0 radical (unpaired) electrons. The molecule has 0 fully saturated rings. The summed E-state index contributed by atoms with van der Waals surface area (Å²) in [6.07, 6.45) is 1.05. The number of ether oxygens (including phenoxy) is 1. The average Bonchev–Trinajstić information content (AvgIpc) is 2.27. The fraction of sp³-hybridized carbons (Fsp3) is 0.429. The molecule has 1 rings (SSSR count). The first-order valence-corrected chi connectivity index (χ1v) is 5.64. The maximum absolute atomic E-state index is 5.70. The molecule has 2 nitrogen and oxygen atoms in total. The van der Waals surface area contributed by atoms with Crippen LogP contribution in [0.15, 0.2) is 24.3 Å². The van der Waals surface area contributed by atoms with Gasteiger partial charge in [0.25, 0.3) is 0 Å². The van der Waals surface area contributed by atoms with Crippen LogP contribution in [0.1, 0.15) is 25.8 Å². The standard InChI is InChI=1S/C14H19NO/c1-12(2)9-11-16-14-8-4-3-6-13(14)7-5-10-15/h3-4,6,8,12H,9-11,15H2,1-2H3. The molecular formula is C14H19NO. The second-order valence-corrected chi connectivity index (χ2v) is 4.03. The number of rotatable bonds is 4. The minimum Gasteiger partial charge on any atom is -0.492 e. The number of hydrogen-bond donors (Lipinski definition) is 1. The first-order chi connectivity index (χ1) is 7.74. The highest BCUT2D eigenvalue weighted by Crippen LogP contribution is 2.17. The Hall–Kier alpha value is -1.46. The molecule has 2 heteroatoms. The smallest absolute Gasteiger partial charge is 0.134 e. The molecule has 0 saturated heterocycles. The lowest BCUT2D eigenvalue weighted by Crippen LogP contribution is -2.02. The molecule has 0 atom stereocenters. The zero-order valence-corrected chi connectivity index (χ0v) is 9.99. The third-order valence-corrected chi connectivity index (χ3v) is 2.16. The van der Waals surface area contributed by atoms with Crippen molar-refractivity contribution in [1.82, 2.24) is 0 Å². The van der Waals surface area contributed by atoms with Crippen molar-refractivity contribution >= 4 is 0 Å². The van der Waals surface area contributed by atoms with Crippen LogP contribution in [0.3, 0.4) is 0 Å². The van der Waals surface area contributed by atoms with Crippen LogP contribution in [-0.4, -0.2) is 13.2 Å². The number of hydrogen-bond acceptors (Lipinski definition) is 2. The van der Waals surface area contributed by atoms with Gasteiger partial charge in [-0.2, -0.15) is 0 Å². The van der Waals surface area contributed by atoms with Crippen LogP contribution in [0.25, 0.3) is 0 Å². The van der Waals surface area contributed by atoms with E-state index >= 15 is 0 Å². The van der Waals surface area contributed by atoms with E-state index < -0.39 is 0 Å². The predicted molar refractivity (Wildman–Crippen MR) is 67.3 cm³/mol. The maximum Gasteiger partial charge on any atom is 0.134 e. The van der Waals surface area contributed by atoms with E-state index in [1.54, 1.807) is 0 Å². The van der Waals surface area contributed by atoms with Gasteiger partial charge in [0.05, 0.1) is 18.7 Å². The highest BCUT2D eigenvalue weighted by Gasteiger charge is 2.00. The number of benzene rings is 1. The van der Waals surface area contributed by atoms with E-state index in [1.165, 1.54) is 0 Å². The van der Waals surface area contributed by atoms with Crippen molar-refractivity contribution in [3.8, 4) is 17.6 Å². The van der Waals surface area contributed by atoms with E-state index in [4.69, 9.17) is 10.5 Å². The summed E-state index contributed by atoms with van der Waals surface area (Å²) in [6, 6.07) is 7.81. The van der Waals surface area contributed by atoms with Crippen molar-refractivity contribution in [1.29, 1.82) is 0 Å². The topological polar surface area (TPSA) is 35.2 Å². The summed E-state index contributed by atoms with van der Waals surface area (Å²) >= 11 is 0. The van der Waals surface area contributed by atoms with Crippen molar-refractivity contribution < 1.29 is 4.74 Å². The van der Waals surface area contributed by atoms with Crippen LogP contribution in [-0.2, 0) is 0 Å². The van der Waals surface area contributed by atoms with E-state index in [9.17, 15) is 0 Å². The van der Waals surface area contributed by atoms with Gasteiger partial charge in [0, 0.05) is 0 Å². The van der Waals surface area contributed by atoms with Gasteiger partial charge in [-0.05, 0) is 24.5 Å². The lowest BCUT2D eigenvalue weighted by atomic mass is 10.1. The maximum atomic E-state index is 5.70. The van der Waals surface area contributed by atoms with E-state index in [-0.39, 0.29) is 0 Å². The molecular weight excluding hydrogens is 198 g/mol. The first kappa shape index (κ1) is 12.6. The molecule has 0 saturated carbocycles. The molecule has 0 aliphatic heterocycles. The molecule has 16 heavy (non-hydrogen) atoms. The van der Waals surface area contributed by atoms with Crippen LogP contribution >= 0.6 is 0 Å². The van der Waals surface area contributed by atoms with Gasteiger partial charge in [-0.3, -0.25) is 0 Å². The average molecular weight is 217 g/mol. The van der Waals surface area contributed by atoms with Gasteiger partial charge in [0.15, 0.2) is 0 Å². The van der Waals surface area contributed by atoms with E-state index in [0.717, 1.165) is 24.3 Å². The van der Waals surface area contributed by atoms with Crippen molar-refractivity contribution in [3.05, 3.63) is 29.8 Å². The molecule has 1 aromatic carbocycles. The molecule has 86 valence electrons. The lowest BCUT2D eigenvalue weighted by molar-refractivity contribution is 0.289. The van der Waals surface area contributed by atoms with Crippen LogP contribution < -0.4 is 10.5 Å².